The highest BCUT2D eigenvalue weighted by Crippen LogP contribution is 2.02. The van der Waals surface area contributed by atoms with Gasteiger partial charge in [0.05, 0.1) is 0 Å². The Hall–Kier alpha value is -0.488. The van der Waals surface area contributed by atoms with Crippen molar-refractivity contribution in [3.63, 3.8) is 0 Å². The Kier molecular flexibility index (Phi) is 7.11. The van der Waals surface area contributed by atoms with Crippen molar-refractivity contribution in [1.82, 2.24) is 0 Å². The van der Waals surface area contributed by atoms with Crippen molar-refractivity contribution < 1.29 is 10.6 Å². The molecule has 45 valence electrons. The van der Waals surface area contributed by atoms with E-state index in [1.54, 1.807) is 24.3 Å². The van der Waals surface area contributed by atoms with Crippen molar-refractivity contribution in [3.05, 3.63) is 30.3 Å². The second-order valence-electron chi connectivity index (χ2n) is 1.34. The molecule has 3 heteroatoms. The molecule has 1 aromatic rings. The van der Waals surface area contributed by atoms with Gasteiger partial charge < -0.3 is 5.11 Å². The Morgan fingerprint density at radius 1 is 1.00 bits per heavy atom. The Morgan fingerprint density at radius 2 is 1.44 bits per heavy atom. The number of hydrogen-bond donors (Lipinski definition) is 1. The Bertz CT molecular complexity index is 141. The van der Waals surface area contributed by atoms with Crippen LogP contribution in [0.25, 0.3) is 0 Å². The van der Waals surface area contributed by atoms with Gasteiger partial charge in [-0.15, -0.1) is 0 Å². The summed E-state index contributed by atoms with van der Waals surface area (Å²) in [5.74, 6) is 0.322. The van der Waals surface area contributed by atoms with E-state index in [0.29, 0.717) is 5.75 Å². The molecule has 0 atom stereocenters. The molecule has 1 rings (SSSR count). The molecule has 0 saturated carbocycles. The fourth-order valence-electron chi connectivity index (χ4n) is 0.428. The van der Waals surface area contributed by atoms with Gasteiger partial charge >= 0.3 is 0 Å². The van der Waals surface area contributed by atoms with E-state index < -0.39 is 0 Å². The molecular formula is C6H6AlO2. The minimum Gasteiger partial charge on any atom is -0.508 e. The summed E-state index contributed by atoms with van der Waals surface area (Å²) in [6.07, 6.45) is 0. The van der Waals surface area contributed by atoms with Crippen molar-refractivity contribution in [3.8, 4) is 5.75 Å². The van der Waals surface area contributed by atoms with Crippen LogP contribution in [0.5, 0.6) is 5.75 Å². The molecule has 0 heterocycles. The van der Waals surface area contributed by atoms with E-state index >= 15 is 0 Å². The fraction of sp³-hybridized carbons (Fsp3) is 0. The fourth-order valence-corrected chi connectivity index (χ4v) is 0.428. The second kappa shape index (κ2) is 5.65. The normalized spacial score (nSPS) is 6.67. The van der Waals surface area contributed by atoms with Gasteiger partial charge in [-0.25, -0.2) is 0 Å². The van der Waals surface area contributed by atoms with Crippen LogP contribution in [0.15, 0.2) is 30.3 Å². The summed E-state index contributed by atoms with van der Waals surface area (Å²) in [5, 5.41) is 8.63. The minimum absolute atomic E-state index is 0. The molecular weight excluding hydrogens is 131 g/mol. The molecule has 0 bridgehead atoms. The van der Waals surface area contributed by atoms with Gasteiger partial charge in [-0.2, -0.15) is 0 Å². The summed E-state index contributed by atoms with van der Waals surface area (Å²) in [7, 11) is 0. The summed E-state index contributed by atoms with van der Waals surface area (Å²) in [4.78, 5) is 0. The van der Waals surface area contributed by atoms with E-state index in [9.17, 15) is 0 Å². The highest BCUT2D eigenvalue weighted by molar-refractivity contribution is 5.75. The lowest BCUT2D eigenvalue weighted by atomic mass is 10.3. The van der Waals surface area contributed by atoms with Gasteiger partial charge in [-0.3, -0.25) is 0 Å². The van der Waals surface area contributed by atoms with Crippen LogP contribution in [0.4, 0.5) is 0 Å². The molecule has 2 nitrogen and oxygen atoms in total. The second-order valence-corrected chi connectivity index (χ2v) is 1.34. The zero-order chi connectivity index (χ0) is 5.11. The number of para-hydroxylation sites is 1. The highest BCUT2D eigenvalue weighted by atomic mass is 27.0. The van der Waals surface area contributed by atoms with E-state index in [1.807, 2.05) is 6.07 Å². The molecule has 0 aliphatic carbocycles. The molecule has 0 amide bonds. The van der Waals surface area contributed by atoms with Crippen LogP contribution in [0, 0.1) is 0 Å². The summed E-state index contributed by atoms with van der Waals surface area (Å²) in [5.41, 5.74) is 0. The summed E-state index contributed by atoms with van der Waals surface area (Å²) < 4.78 is 0. The Balaban J connectivity index is 0. The molecule has 1 N–H and O–H groups in total. The van der Waals surface area contributed by atoms with E-state index in [1.165, 1.54) is 0 Å². The minimum atomic E-state index is 0. The average Bonchev–Trinajstić information content (AvgIpc) is 1.69. The maximum Gasteiger partial charge on any atom is 0.115 e. The quantitative estimate of drug-likeness (QED) is 0.530. The van der Waals surface area contributed by atoms with Crippen LogP contribution < -0.4 is 0 Å². The Morgan fingerprint density at radius 3 is 1.67 bits per heavy atom. The first-order chi connectivity index (χ1) is 3.39. The number of hydrogen-bond acceptors (Lipinski definition) is 1. The zero-order valence-electron chi connectivity index (χ0n) is 4.82. The average molecular weight is 137 g/mol. The smallest absolute Gasteiger partial charge is 0.115 e. The van der Waals surface area contributed by atoms with Crippen molar-refractivity contribution in [2.45, 2.75) is 0 Å². The van der Waals surface area contributed by atoms with E-state index in [4.69, 9.17) is 5.11 Å². The number of rotatable bonds is 0. The first kappa shape index (κ1) is 11.3. The van der Waals surface area contributed by atoms with Crippen LogP contribution in [0.3, 0.4) is 0 Å². The highest BCUT2D eigenvalue weighted by Gasteiger charge is 1.74. The van der Waals surface area contributed by atoms with Crippen molar-refractivity contribution in [2.24, 2.45) is 0 Å². The van der Waals surface area contributed by atoms with Crippen LogP contribution in [0.2, 0.25) is 0 Å². The van der Waals surface area contributed by atoms with Gasteiger partial charge in [0.15, 0.2) is 0 Å². The van der Waals surface area contributed by atoms with E-state index in [-0.39, 0.29) is 22.8 Å². The van der Waals surface area contributed by atoms with Gasteiger partial charge in [-0.05, 0) is 12.1 Å². The van der Waals surface area contributed by atoms with E-state index in [2.05, 4.69) is 0 Å². The van der Waals surface area contributed by atoms with Gasteiger partial charge in [0.25, 0.3) is 0 Å². The Labute approximate surface area is 64.6 Å². The lowest BCUT2D eigenvalue weighted by Crippen LogP contribution is -1.56. The lowest BCUT2D eigenvalue weighted by molar-refractivity contribution is 0.475. The molecule has 0 aliphatic heterocycles. The van der Waals surface area contributed by atoms with Crippen LogP contribution >= 0.6 is 0 Å². The number of phenols is 1. The lowest BCUT2D eigenvalue weighted by Gasteiger charge is -1.82. The maximum atomic E-state index is 8.63. The zero-order valence-corrected chi connectivity index (χ0v) is 5.97. The van der Waals surface area contributed by atoms with Crippen LogP contribution in [-0.2, 0) is 5.48 Å². The summed E-state index contributed by atoms with van der Waals surface area (Å²) in [6, 6.07) is 8.71. The largest absolute Gasteiger partial charge is 0.508 e. The topological polar surface area (TPSA) is 48.7 Å². The molecule has 5 radical (unpaired) electrons. The first-order valence-electron chi connectivity index (χ1n) is 2.13. The number of aromatic hydroxyl groups is 1. The van der Waals surface area contributed by atoms with Crippen LogP contribution in [-0.4, -0.2) is 22.5 Å². The molecule has 9 heavy (non-hydrogen) atoms. The molecule has 0 unspecified atom stereocenters. The molecule has 0 aromatic heterocycles. The van der Waals surface area contributed by atoms with Gasteiger partial charge in [0.2, 0.25) is 0 Å². The van der Waals surface area contributed by atoms with Gasteiger partial charge in [0, 0.05) is 22.8 Å². The maximum absolute atomic E-state index is 8.63. The van der Waals surface area contributed by atoms with Crippen molar-refractivity contribution in [1.29, 1.82) is 0 Å². The summed E-state index contributed by atoms with van der Waals surface area (Å²) >= 11 is 0. The molecule has 0 saturated heterocycles. The first-order valence-corrected chi connectivity index (χ1v) is 2.13. The molecule has 0 aliphatic rings. The number of benzene rings is 1. The van der Waals surface area contributed by atoms with E-state index in [0.717, 1.165) is 0 Å². The third-order valence-electron chi connectivity index (χ3n) is 0.756. The molecule has 0 spiro atoms. The SMILES string of the molecule is Oc1ccccc1.[Al].[O]. The van der Waals surface area contributed by atoms with Crippen molar-refractivity contribution in [2.75, 3.05) is 0 Å². The third-order valence-corrected chi connectivity index (χ3v) is 0.756. The molecule has 0 fully saturated rings. The molecule has 1 aromatic carbocycles. The van der Waals surface area contributed by atoms with Crippen LogP contribution in [0.1, 0.15) is 0 Å². The standard InChI is InChI=1S/C6H6O.Al.O/c7-6-4-2-1-3-5-6;;/h1-5,7H;;. The monoisotopic (exact) mass is 137 g/mol. The predicted octanol–water partition coefficient (Wildman–Crippen LogP) is 0.893. The number of phenolic OH excluding ortho intramolecular Hbond substituents is 1. The van der Waals surface area contributed by atoms with Crippen molar-refractivity contribution >= 4 is 17.4 Å². The van der Waals surface area contributed by atoms with Gasteiger partial charge in [-0.1, -0.05) is 18.2 Å². The summed E-state index contributed by atoms with van der Waals surface area (Å²) in [6.45, 7) is 0. The van der Waals surface area contributed by atoms with Gasteiger partial charge in [0.1, 0.15) is 5.75 Å². The third kappa shape index (κ3) is 4.04. The predicted molar refractivity (Wildman–Crippen MR) is 34.5 cm³/mol.